The molecular weight excluding hydrogens is 607 g/mol. The van der Waals surface area contributed by atoms with Gasteiger partial charge in [-0.2, -0.15) is 0 Å². The van der Waals surface area contributed by atoms with E-state index >= 15 is 0 Å². The smallest absolute Gasteiger partial charge is 0.308 e. The van der Waals surface area contributed by atoms with Crippen molar-refractivity contribution >= 4 is 57.9 Å². The fraction of sp³-hybridized carbons (Fsp3) is 0.250. The van der Waals surface area contributed by atoms with Crippen LogP contribution < -0.4 is 20.0 Å². The van der Waals surface area contributed by atoms with Crippen LogP contribution in [0.1, 0.15) is 30.2 Å². The molecule has 0 radical (unpaired) electrons. The number of rotatable bonds is 8. The molecule has 1 N–H and O–H groups in total. The molecule has 0 aliphatic carbocycles. The topological polar surface area (TPSA) is 91.7 Å². The van der Waals surface area contributed by atoms with Gasteiger partial charge in [0.15, 0.2) is 0 Å². The van der Waals surface area contributed by atoms with Crippen LogP contribution >= 0.6 is 23.1 Å². The summed E-state index contributed by atoms with van der Waals surface area (Å²) in [5.74, 6) is -3.76. The number of benzene rings is 3. The van der Waals surface area contributed by atoms with Gasteiger partial charge < -0.3 is 10.2 Å². The van der Waals surface area contributed by atoms with Crippen LogP contribution in [0.15, 0.2) is 82.6 Å². The van der Waals surface area contributed by atoms with E-state index in [0.29, 0.717) is 15.6 Å². The number of hydrogen-bond donors (Lipinski definition) is 1. The number of nitrogens with one attached hydrogen (secondary N) is 1. The molecule has 226 valence electrons. The Morgan fingerprint density at radius 1 is 0.864 bits per heavy atom. The standard InChI is InChI=1S/C32H28F2N4O4S2/c1-3-36(4-2)22-13-5-18(6-14-22)25-26-27(30(41)38(29(26)40)23-15-9-20(34)10-16-23)43-31-28(25)44-32(42)37(31)17-24(39)35-21-11-7-19(33)8-12-21/h5-16,25-27H,3-4,17H2,1-2H3,(H,35,39). The van der Waals surface area contributed by atoms with Gasteiger partial charge in [-0.05, 0) is 80.1 Å². The third-order valence-electron chi connectivity index (χ3n) is 7.94. The number of thiazole rings is 1. The Bertz CT molecular complexity index is 1780. The number of fused-ring (bicyclic) bond motifs is 2. The number of nitrogens with zero attached hydrogens (tertiary/aromatic N) is 3. The zero-order chi connectivity index (χ0) is 31.1. The molecule has 8 nitrogen and oxygen atoms in total. The fourth-order valence-corrected chi connectivity index (χ4v) is 8.59. The van der Waals surface area contributed by atoms with Gasteiger partial charge in [0.25, 0.3) is 0 Å². The van der Waals surface area contributed by atoms with Crippen molar-refractivity contribution < 1.29 is 23.2 Å². The van der Waals surface area contributed by atoms with Crippen LogP contribution in [0.2, 0.25) is 0 Å². The number of hydrogen-bond acceptors (Lipinski definition) is 7. The molecule has 4 aromatic rings. The lowest BCUT2D eigenvalue weighted by atomic mass is 9.83. The van der Waals surface area contributed by atoms with Crippen molar-refractivity contribution in [3.05, 3.63) is 105 Å². The molecule has 0 bridgehead atoms. The Kier molecular flexibility index (Phi) is 8.12. The van der Waals surface area contributed by atoms with E-state index in [-0.39, 0.29) is 12.2 Å². The van der Waals surface area contributed by atoms with Gasteiger partial charge >= 0.3 is 4.87 Å². The molecule has 2 aliphatic heterocycles. The molecule has 12 heteroatoms. The van der Waals surface area contributed by atoms with Gasteiger partial charge in [-0.1, -0.05) is 35.2 Å². The Morgan fingerprint density at radius 2 is 1.48 bits per heavy atom. The average molecular weight is 635 g/mol. The maximum atomic E-state index is 14.0. The zero-order valence-electron chi connectivity index (χ0n) is 23.8. The first-order chi connectivity index (χ1) is 21.2. The van der Waals surface area contributed by atoms with E-state index in [1.54, 1.807) is 0 Å². The predicted octanol–water partition coefficient (Wildman–Crippen LogP) is 5.47. The van der Waals surface area contributed by atoms with E-state index in [2.05, 4.69) is 24.1 Å². The molecule has 3 amide bonds. The summed E-state index contributed by atoms with van der Waals surface area (Å²) >= 11 is 2.06. The van der Waals surface area contributed by atoms with Gasteiger partial charge in [0.05, 0.1) is 16.6 Å². The minimum Gasteiger partial charge on any atom is -0.372 e. The van der Waals surface area contributed by atoms with E-state index in [9.17, 15) is 28.0 Å². The monoisotopic (exact) mass is 634 g/mol. The fourth-order valence-electron chi connectivity index (χ4n) is 5.82. The minimum absolute atomic E-state index is 0.270. The van der Waals surface area contributed by atoms with Crippen LogP contribution in [0.3, 0.4) is 0 Å². The van der Waals surface area contributed by atoms with E-state index < -0.39 is 51.3 Å². The molecule has 3 unspecified atom stereocenters. The highest BCUT2D eigenvalue weighted by Crippen LogP contribution is 2.54. The molecule has 0 saturated carbocycles. The third-order valence-corrected chi connectivity index (χ3v) is 10.5. The molecule has 1 saturated heterocycles. The van der Waals surface area contributed by atoms with Crippen molar-refractivity contribution in [2.75, 3.05) is 28.2 Å². The van der Waals surface area contributed by atoms with Crippen LogP contribution in [0, 0.1) is 17.6 Å². The average Bonchev–Trinajstić information content (AvgIpc) is 3.46. The zero-order valence-corrected chi connectivity index (χ0v) is 25.5. The summed E-state index contributed by atoms with van der Waals surface area (Å²) < 4.78 is 28.4. The molecule has 3 heterocycles. The van der Waals surface area contributed by atoms with Gasteiger partial charge in [0.1, 0.15) is 23.4 Å². The molecule has 3 atom stereocenters. The molecule has 6 rings (SSSR count). The third kappa shape index (κ3) is 5.32. The van der Waals surface area contributed by atoms with Crippen LogP contribution in [0.4, 0.5) is 25.8 Å². The number of halogens is 2. The van der Waals surface area contributed by atoms with Crippen molar-refractivity contribution in [3.63, 3.8) is 0 Å². The van der Waals surface area contributed by atoms with Crippen molar-refractivity contribution in [1.29, 1.82) is 0 Å². The number of anilines is 3. The highest BCUT2D eigenvalue weighted by Gasteiger charge is 2.56. The van der Waals surface area contributed by atoms with Crippen molar-refractivity contribution in [3.8, 4) is 0 Å². The maximum absolute atomic E-state index is 14.0. The van der Waals surface area contributed by atoms with Gasteiger partial charge in [0, 0.05) is 35.3 Å². The lowest BCUT2D eigenvalue weighted by Crippen LogP contribution is -2.33. The van der Waals surface area contributed by atoms with Crippen LogP contribution in [-0.4, -0.2) is 40.6 Å². The Balaban J connectivity index is 1.41. The summed E-state index contributed by atoms with van der Waals surface area (Å²) in [4.78, 5) is 57.7. The molecule has 2 aliphatic rings. The van der Waals surface area contributed by atoms with Gasteiger partial charge in [-0.3, -0.25) is 23.7 Å². The molecule has 0 spiro atoms. The highest BCUT2D eigenvalue weighted by atomic mass is 32.2. The summed E-state index contributed by atoms with van der Waals surface area (Å²) in [6.45, 7) is 5.42. The maximum Gasteiger partial charge on any atom is 0.308 e. The van der Waals surface area contributed by atoms with E-state index in [0.717, 1.165) is 52.3 Å². The van der Waals surface area contributed by atoms with Gasteiger partial charge in [-0.15, -0.1) is 0 Å². The van der Waals surface area contributed by atoms with E-state index in [1.165, 1.54) is 53.1 Å². The molecule has 44 heavy (non-hydrogen) atoms. The van der Waals surface area contributed by atoms with Crippen molar-refractivity contribution in [2.45, 2.75) is 36.6 Å². The van der Waals surface area contributed by atoms with Crippen LogP contribution in [0.25, 0.3) is 0 Å². The number of carbonyl (C=O) groups is 3. The first kappa shape index (κ1) is 29.8. The Hall–Kier alpha value is -4.29. The highest BCUT2D eigenvalue weighted by molar-refractivity contribution is 8.00. The number of carbonyl (C=O) groups excluding carboxylic acids is 3. The molecular formula is C32H28F2N4O4S2. The second-order valence-corrected chi connectivity index (χ2v) is 12.6. The number of amides is 3. The first-order valence-corrected chi connectivity index (χ1v) is 15.8. The van der Waals surface area contributed by atoms with Crippen molar-refractivity contribution in [2.24, 2.45) is 5.92 Å². The lowest BCUT2D eigenvalue weighted by molar-refractivity contribution is -0.122. The van der Waals surface area contributed by atoms with E-state index in [4.69, 9.17) is 0 Å². The summed E-state index contributed by atoms with van der Waals surface area (Å²) in [5.41, 5.74) is 2.42. The second kappa shape index (κ2) is 12.0. The number of aromatic nitrogens is 1. The second-order valence-electron chi connectivity index (χ2n) is 10.5. The first-order valence-electron chi connectivity index (χ1n) is 14.1. The molecule has 1 aromatic heterocycles. The van der Waals surface area contributed by atoms with Gasteiger partial charge in [0.2, 0.25) is 17.7 Å². The number of thioether (sulfide) groups is 1. The normalized spacial score (nSPS) is 19.1. The Labute approximate surface area is 260 Å². The molecule has 1 fully saturated rings. The van der Waals surface area contributed by atoms with Crippen molar-refractivity contribution in [1.82, 2.24) is 4.57 Å². The van der Waals surface area contributed by atoms with Crippen LogP contribution in [-0.2, 0) is 20.9 Å². The summed E-state index contributed by atoms with van der Waals surface area (Å²) in [5, 5.41) is 2.26. The largest absolute Gasteiger partial charge is 0.372 e. The quantitative estimate of drug-likeness (QED) is 0.259. The summed E-state index contributed by atoms with van der Waals surface area (Å²) in [7, 11) is 0. The predicted molar refractivity (Wildman–Crippen MR) is 167 cm³/mol. The van der Waals surface area contributed by atoms with Gasteiger partial charge in [-0.25, -0.2) is 13.7 Å². The SMILES string of the molecule is CCN(CC)c1ccc(C2c3sc(=O)n(CC(=O)Nc4ccc(F)cc4)c3SC3C(=O)N(c4ccc(F)cc4)C(=O)C32)cc1. The summed E-state index contributed by atoms with van der Waals surface area (Å²) in [6, 6.07) is 18.2. The number of imide groups is 1. The lowest BCUT2D eigenvalue weighted by Gasteiger charge is -2.31. The minimum atomic E-state index is -0.868. The Morgan fingerprint density at radius 3 is 2.09 bits per heavy atom. The summed E-state index contributed by atoms with van der Waals surface area (Å²) in [6.07, 6.45) is 0. The van der Waals surface area contributed by atoms with Crippen LogP contribution in [0.5, 0.6) is 0 Å². The molecule has 3 aromatic carbocycles. The van der Waals surface area contributed by atoms with E-state index in [1.807, 2.05) is 24.3 Å².